The lowest BCUT2D eigenvalue weighted by Crippen LogP contribution is -2.20. The lowest BCUT2D eigenvalue weighted by Gasteiger charge is -2.09. The summed E-state index contributed by atoms with van der Waals surface area (Å²) < 4.78 is 0. The molecule has 86 valence electrons. The van der Waals surface area contributed by atoms with E-state index in [1.54, 1.807) is 18.2 Å². The number of carbonyl (C=O) groups excluding carboxylic acids is 2. The predicted molar refractivity (Wildman–Crippen MR) is 66.0 cm³/mol. The first-order chi connectivity index (χ1) is 8.19. The lowest BCUT2D eigenvalue weighted by atomic mass is 9.93. The minimum absolute atomic E-state index is 0.312. The number of benzene rings is 1. The Hall–Kier alpha value is -2.16. The molecule has 0 unspecified atom stereocenters. The zero-order valence-corrected chi connectivity index (χ0v) is 9.45. The van der Waals surface area contributed by atoms with Crippen LogP contribution in [0.2, 0.25) is 0 Å². The van der Waals surface area contributed by atoms with Crippen LogP contribution < -0.4 is 5.32 Å². The van der Waals surface area contributed by atoms with Crippen molar-refractivity contribution in [1.82, 2.24) is 5.32 Å². The Bertz CT molecular complexity index is 529. The Kier molecular flexibility index (Phi) is 2.91. The first kappa shape index (κ1) is 11.3. The summed E-state index contributed by atoms with van der Waals surface area (Å²) in [5.41, 5.74) is 2.85. The fraction of sp³-hybridized carbons (Fsp3) is 0.143. The van der Waals surface area contributed by atoms with E-state index in [0.717, 1.165) is 11.1 Å². The van der Waals surface area contributed by atoms with Crippen LogP contribution >= 0.6 is 0 Å². The average Bonchev–Trinajstić information content (AvgIpc) is 2.58. The van der Waals surface area contributed by atoms with Gasteiger partial charge in [-0.05, 0) is 30.0 Å². The Morgan fingerprint density at radius 1 is 1.06 bits per heavy atom. The van der Waals surface area contributed by atoms with Gasteiger partial charge in [-0.3, -0.25) is 14.9 Å². The van der Waals surface area contributed by atoms with Crippen LogP contribution in [0, 0.1) is 0 Å². The van der Waals surface area contributed by atoms with E-state index in [1.807, 2.05) is 6.07 Å². The molecule has 3 nitrogen and oxygen atoms in total. The highest BCUT2D eigenvalue weighted by Gasteiger charge is 2.29. The number of hydrogen-bond donors (Lipinski definition) is 1. The fourth-order valence-corrected chi connectivity index (χ4v) is 2.10. The molecule has 1 heterocycles. The molecule has 1 aromatic carbocycles. The minimum atomic E-state index is -0.319. The smallest absolute Gasteiger partial charge is 0.259 e. The maximum absolute atomic E-state index is 11.7. The van der Waals surface area contributed by atoms with E-state index in [1.165, 1.54) is 0 Å². The van der Waals surface area contributed by atoms with Crippen LogP contribution in [-0.2, 0) is 12.8 Å². The minimum Gasteiger partial charge on any atom is -0.288 e. The topological polar surface area (TPSA) is 46.2 Å². The first-order valence-corrected chi connectivity index (χ1v) is 5.41. The molecular formula is C14H13NO2. The van der Waals surface area contributed by atoms with Crippen LogP contribution in [0.15, 0.2) is 37.4 Å². The van der Waals surface area contributed by atoms with E-state index in [0.29, 0.717) is 24.0 Å². The van der Waals surface area contributed by atoms with Crippen LogP contribution in [0.4, 0.5) is 0 Å². The summed E-state index contributed by atoms with van der Waals surface area (Å²) in [6.07, 6.45) is 4.77. The number of hydrogen-bond acceptors (Lipinski definition) is 2. The van der Waals surface area contributed by atoms with E-state index in [-0.39, 0.29) is 11.8 Å². The molecule has 17 heavy (non-hydrogen) atoms. The van der Waals surface area contributed by atoms with Gasteiger partial charge in [-0.25, -0.2) is 0 Å². The van der Waals surface area contributed by atoms with Crippen LogP contribution in [0.5, 0.6) is 0 Å². The van der Waals surface area contributed by atoms with Crippen LogP contribution in [-0.4, -0.2) is 11.8 Å². The van der Waals surface area contributed by atoms with Crippen LogP contribution in [0.1, 0.15) is 31.8 Å². The van der Waals surface area contributed by atoms with E-state index in [2.05, 4.69) is 18.5 Å². The molecule has 0 spiro atoms. The molecule has 1 aromatic rings. The molecule has 2 rings (SSSR count). The normalized spacial score (nSPS) is 13.2. The molecule has 0 aliphatic carbocycles. The van der Waals surface area contributed by atoms with Crippen LogP contribution in [0.25, 0.3) is 0 Å². The summed E-state index contributed by atoms with van der Waals surface area (Å²) in [6.45, 7) is 7.38. The Labute approximate surface area is 99.8 Å². The van der Waals surface area contributed by atoms with Crippen molar-refractivity contribution in [1.29, 1.82) is 0 Å². The number of rotatable bonds is 4. The van der Waals surface area contributed by atoms with Gasteiger partial charge in [0, 0.05) is 0 Å². The molecule has 0 saturated heterocycles. The number of allylic oxidation sites excluding steroid dienone is 2. The average molecular weight is 227 g/mol. The third-order valence-corrected chi connectivity index (χ3v) is 2.82. The zero-order valence-electron chi connectivity index (χ0n) is 9.45. The molecule has 0 aromatic heterocycles. The molecule has 2 amide bonds. The zero-order chi connectivity index (χ0) is 12.4. The maximum atomic E-state index is 11.7. The fourth-order valence-electron chi connectivity index (χ4n) is 2.10. The van der Waals surface area contributed by atoms with E-state index in [9.17, 15) is 9.59 Å². The van der Waals surface area contributed by atoms with Gasteiger partial charge < -0.3 is 0 Å². The molecule has 0 atom stereocenters. The molecule has 1 aliphatic heterocycles. The van der Waals surface area contributed by atoms with Gasteiger partial charge in [-0.2, -0.15) is 0 Å². The third kappa shape index (κ3) is 1.80. The number of carbonyl (C=O) groups is 2. The molecule has 0 saturated carbocycles. The van der Waals surface area contributed by atoms with Crippen molar-refractivity contribution in [2.75, 3.05) is 0 Å². The van der Waals surface area contributed by atoms with Gasteiger partial charge in [-0.15, -0.1) is 13.2 Å². The van der Waals surface area contributed by atoms with Gasteiger partial charge in [0.2, 0.25) is 0 Å². The quantitative estimate of drug-likeness (QED) is 0.632. The monoisotopic (exact) mass is 227 g/mol. The van der Waals surface area contributed by atoms with Crippen molar-refractivity contribution < 1.29 is 9.59 Å². The van der Waals surface area contributed by atoms with E-state index in [4.69, 9.17) is 0 Å². The lowest BCUT2D eigenvalue weighted by molar-refractivity contribution is 0.0879. The molecule has 3 heteroatoms. The second kappa shape index (κ2) is 4.37. The molecule has 1 aliphatic rings. The first-order valence-electron chi connectivity index (χ1n) is 5.41. The predicted octanol–water partition coefficient (Wildman–Crippen LogP) is 2.03. The highest BCUT2D eigenvalue weighted by molar-refractivity contribution is 6.22. The van der Waals surface area contributed by atoms with Crippen molar-refractivity contribution in [2.45, 2.75) is 12.8 Å². The summed E-state index contributed by atoms with van der Waals surface area (Å²) in [4.78, 5) is 23.3. The standard InChI is InChI=1S/C14H13NO2/c1-3-5-9-7-8-11-12(10(9)6-4-2)14(17)15-13(11)16/h3-4,7-8H,1-2,5-6H2,(H,15,16,17). The summed E-state index contributed by atoms with van der Waals surface area (Å²) in [5.74, 6) is -0.631. The molecule has 0 radical (unpaired) electrons. The van der Waals surface area contributed by atoms with Crippen molar-refractivity contribution in [3.05, 3.63) is 59.7 Å². The largest absolute Gasteiger partial charge is 0.288 e. The van der Waals surface area contributed by atoms with Gasteiger partial charge in [0.25, 0.3) is 11.8 Å². The Morgan fingerprint density at radius 2 is 1.76 bits per heavy atom. The van der Waals surface area contributed by atoms with E-state index >= 15 is 0 Å². The van der Waals surface area contributed by atoms with Crippen molar-refractivity contribution >= 4 is 11.8 Å². The maximum Gasteiger partial charge on any atom is 0.259 e. The van der Waals surface area contributed by atoms with E-state index < -0.39 is 0 Å². The number of nitrogens with one attached hydrogen (secondary N) is 1. The van der Waals surface area contributed by atoms with Crippen LogP contribution in [0.3, 0.4) is 0 Å². The summed E-state index contributed by atoms with van der Waals surface area (Å²) >= 11 is 0. The number of imide groups is 1. The summed E-state index contributed by atoms with van der Waals surface area (Å²) in [5, 5.41) is 2.31. The molecule has 0 bridgehead atoms. The second-order valence-corrected chi connectivity index (χ2v) is 3.89. The van der Waals surface area contributed by atoms with Crippen molar-refractivity contribution in [2.24, 2.45) is 0 Å². The SMILES string of the molecule is C=CCc1ccc2c(c1CC=C)C(=O)NC2=O. The van der Waals surface area contributed by atoms with Gasteiger partial charge in [0.1, 0.15) is 0 Å². The summed E-state index contributed by atoms with van der Waals surface area (Å²) in [6, 6.07) is 3.57. The Morgan fingerprint density at radius 3 is 2.41 bits per heavy atom. The van der Waals surface area contributed by atoms with Gasteiger partial charge >= 0.3 is 0 Å². The summed E-state index contributed by atoms with van der Waals surface area (Å²) in [7, 11) is 0. The van der Waals surface area contributed by atoms with Gasteiger partial charge in [0.15, 0.2) is 0 Å². The van der Waals surface area contributed by atoms with Crippen molar-refractivity contribution in [3.63, 3.8) is 0 Å². The molecular weight excluding hydrogens is 214 g/mol. The second-order valence-electron chi connectivity index (χ2n) is 3.89. The number of fused-ring (bicyclic) bond motifs is 1. The van der Waals surface area contributed by atoms with Gasteiger partial charge in [-0.1, -0.05) is 18.2 Å². The highest BCUT2D eigenvalue weighted by Crippen LogP contribution is 2.25. The molecule has 1 N–H and O–H groups in total. The highest BCUT2D eigenvalue weighted by atomic mass is 16.2. The number of amides is 2. The van der Waals surface area contributed by atoms with Gasteiger partial charge in [0.05, 0.1) is 11.1 Å². The Balaban J connectivity index is 2.65. The molecule has 0 fully saturated rings. The third-order valence-electron chi connectivity index (χ3n) is 2.82. The van der Waals surface area contributed by atoms with Crippen molar-refractivity contribution in [3.8, 4) is 0 Å².